The van der Waals surface area contributed by atoms with Crippen LogP contribution >= 0.6 is 12.4 Å². The SMILES string of the molecule is CCCNCCNC(=O)COC1CCCCC1C.Cl. The fraction of sp³-hybridized carbons (Fsp3) is 0.929. The van der Waals surface area contributed by atoms with Crippen molar-refractivity contribution in [1.29, 1.82) is 0 Å². The van der Waals surface area contributed by atoms with Gasteiger partial charge in [0.05, 0.1) is 6.10 Å². The van der Waals surface area contributed by atoms with Gasteiger partial charge in [0, 0.05) is 13.1 Å². The molecule has 0 radical (unpaired) electrons. The molecule has 1 rings (SSSR count). The molecule has 0 aromatic carbocycles. The normalized spacial score (nSPS) is 22.6. The van der Waals surface area contributed by atoms with Gasteiger partial charge in [-0.15, -0.1) is 12.4 Å². The molecule has 1 saturated carbocycles. The summed E-state index contributed by atoms with van der Waals surface area (Å²) in [7, 11) is 0. The summed E-state index contributed by atoms with van der Waals surface area (Å²) in [4.78, 5) is 11.6. The van der Waals surface area contributed by atoms with Gasteiger partial charge in [-0.2, -0.15) is 0 Å². The minimum Gasteiger partial charge on any atom is -0.368 e. The second kappa shape index (κ2) is 11.5. The molecule has 1 aliphatic carbocycles. The van der Waals surface area contributed by atoms with Crippen LogP contribution in [0.2, 0.25) is 0 Å². The van der Waals surface area contributed by atoms with Crippen LogP contribution in [-0.4, -0.2) is 38.3 Å². The monoisotopic (exact) mass is 292 g/mol. The van der Waals surface area contributed by atoms with E-state index < -0.39 is 0 Å². The van der Waals surface area contributed by atoms with Gasteiger partial charge in [0.25, 0.3) is 0 Å². The van der Waals surface area contributed by atoms with Crippen LogP contribution in [0.3, 0.4) is 0 Å². The van der Waals surface area contributed by atoms with Crippen molar-refractivity contribution in [3.63, 3.8) is 0 Å². The number of halogens is 1. The zero-order valence-electron chi connectivity index (χ0n) is 12.2. The van der Waals surface area contributed by atoms with Gasteiger partial charge < -0.3 is 15.4 Å². The number of rotatable bonds is 8. The Hall–Kier alpha value is -0.320. The van der Waals surface area contributed by atoms with E-state index >= 15 is 0 Å². The van der Waals surface area contributed by atoms with E-state index in [4.69, 9.17) is 4.74 Å². The smallest absolute Gasteiger partial charge is 0.246 e. The molecule has 2 N–H and O–H groups in total. The van der Waals surface area contributed by atoms with Crippen LogP contribution in [0.5, 0.6) is 0 Å². The van der Waals surface area contributed by atoms with Crippen LogP contribution in [0.25, 0.3) is 0 Å². The molecule has 2 atom stereocenters. The molecule has 0 spiro atoms. The molecule has 4 nitrogen and oxygen atoms in total. The van der Waals surface area contributed by atoms with Gasteiger partial charge in [0.1, 0.15) is 6.61 Å². The highest BCUT2D eigenvalue weighted by Crippen LogP contribution is 2.25. The van der Waals surface area contributed by atoms with Crippen LogP contribution in [0.4, 0.5) is 0 Å². The summed E-state index contributed by atoms with van der Waals surface area (Å²) in [6.07, 6.45) is 6.27. The first-order valence-electron chi connectivity index (χ1n) is 7.33. The molecule has 0 aromatic rings. The summed E-state index contributed by atoms with van der Waals surface area (Å²) in [5, 5.41) is 6.12. The molecule has 5 heteroatoms. The topological polar surface area (TPSA) is 50.4 Å². The van der Waals surface area contributed by atoms with Gasteiger partial charge in [-0.25, -0.2) is 0 Å². The lowest BCUT2D eigenvalue weighted by Crippen LogP contribution is -2.36. The molecular weight excluding hydrogens is 264 g/mol. The van der Waals surface area contributed by atoms with Crippen molar-refractivity contribution in [1.82, 2.24) is 10.6 Å². The lowest BCUT2D eigenvalue weighted by molar-refractivity contribution is -0.129. The molecule has 0 aromatic heterocycles. The number of amides is 1. The number of hydrogen-bond donors (Lipinski definition) is 2. The van der Waals surface area contributed by atoms with E-state index in [-0.39, 0.29) is 31.0 Å². The minimum atomic E-state index is 0. The summed E-state index contributed by atoms with van der Waals surface area (Å²) in [6.45, 7) is 7.08. The van der Waals surface area contributed by atoms with Crippen molar-refractivity contribution in [3.05, 3.63) is 0 Å². The van der Waals surface area contributed by atoms with Gasteiger partial charge in [-0.1, -0.05) is 26.7 Å². The van der Waals surface area contributed by atoms with Crippen molar-refractivity contribution in [3.8, 4) is 0 Å². The third kappa shape index (κ3) is 8.45. The third-order valence-electron chi connectivity index (χ3n) is 3.51. The Kier molecular flexibility index (Phi) is 11.3. The van der Waals surface area contributed by atoms with Crippen LogP contribution in [-0.2, 0) is 9.53 Å². The summed E-state index contributed by atoms with van der Waals surface area (Å²) >= 11 is 0. The molecule has 0 saturated heterocycles. The molecule has 1 amide bonds. The van der Waals surface area contributed by atoms with Crippen molar-refractivity contribution >= 4 is 18.3 Å². The van der Waals surface area contributed by atoms with E-state index in [1.54, 1.807) is 0 Å². The molecule has 19 heavy (non-hydrogen) atoms. The van der Waals surface area contributed by atoms with E-state index in [9.17, 15) is 4.79 Å². The fourth-order valence-corrected chi connectivity index (χ4v) is 2.36. The maximum absolute atomic E-state index is 11.6. The third-order valence-corrected chi connectivity index (χ3v) is 3.51. The zero-order valence-corrected chi connectivity index (χ0v) is 13.1. The number of nitrogens with one attached hydrogen (secondary N) is 2. The lowest BCUT2D eigenvalue weighted by atomic mass is 9.88. The summed E-state index contributed by atoms with van der Waals surface area (Å²) in [5.74, 6) is 0.601. The molecule has 2 unspecified atom stereocenters. The van der Waals surface area contributed by atoms with Crippen molar-refractivity contribution < 1.29 is 9.53 Å². The van der Waals surface area contributed by atoms with E-state index in [0.29, 0.717) is 12.5 Å². The quantitative estimate of drug-likeness (QED) is 0.674. The number of ether oxygens (including phenoxy) is 1. The van der Waals surface area contributed by atoms with E-state index in [0.717, 1.165) is 25.9 Å². The maximum atomic E-state index is 11.6. The van der Waals surface area contributed by atoms with Crippen molar-refractivity contribution in [2.24, 2.45) is 5.92 Å². The van der Waals surface area contributed by atoms with Crippen LogP contribution < -0.4 is 10.6 Å². The Morgan fingerprint density at radius 3 is 2.63 bits per heavy atom. The van der Waals surface area contributed by atoms with Crippen LogP contribution in [0.15, 0.2) is 0 Å². The standard InChI is InChI=1S/C14H28N2O2.ClH/c1-3-8-15-9-10-16-14(17)11-18-13-7-5-4-6-12(13)2;/h12-13,15H,3-11H2,1-2H3,(H,16,17);1H. The minimum absolute atomic E-state index is 0. The first-order valence-corrected chi connectivity index (χ1v) is 7.33. The largest absolute Gasteiger partial charge is 0.368 e. The predicted molar refractivity (Wildman–Crippen MR) is 80.8 cm³/mol. The maximum Gasteiger partial charge on any atom is 0.246 e. The van der Waals surface area contributed by atoms with Gasteiger partial charge >= 0.3 is 0 Å². The Labute approximate surface area is 123 Å². The summed E-state index contributed by atoms with van der Waals surface area (Å²) < 4.78 is 5.70. The van der Waals surface area contributed by atoms with Crippen molar-refractivity contribution in [2.75, 3.05) is 26.2 Å². The summed E-state index contributed by atoms with van der Waals surface area (Å²) in [5.41, 5.74) is 0. The van der Waals surface area contributed by atoms with Crippen LogP contribution in [0, 0.1) is 5.92 Å². The van der Waals surface area contributed by atoms with Crippen LogP contribution in [0.1, 0.15) is 46.0 Å². The first-order chi connectivity index (χ1) is 8.74. The van der Waals surface area contributed by atoms with E-state index in [1.165, 1.54) is 19.3 Å². The Balaban J connectivity index is 0.00000324. The van der Waals surface area contributed by atoms with E-state index in [2.05, 4.69) is 24.5 Å². The number of carbonyl (C=O) groups is 1. The molecule has 0 aliphatic heterocycles. The average molecular weight is 293 g/mol. The second-order valence-corrected chi connectivity index (χ2v) is 5.21. The highest BCUT2D eigenvalue weighted by molar-refractivity contribution is 5.85. The molecular formula is C14H29ClN2O2. The highest BCUT2D eigenvalue weighted by Gasteiger charge is 2.22. The molecule has 1 fully saturated rings. The van der Waals surface area contributed by atoms with E-state index in [1.807, 2.05) is 0 Å². The molecule has 114 valence electrons. The fourth-order valence-electron chi connectivity index (χ4n) is 2.36. The van der Waals surface area contributed by atoms with Gasteiger partial charge in [0.2, 0.25) is 5.91 Å². The highest BCUT2D eigenvalue weighted by atomic mass is 35.5. The zero-order chi connectivity index (χ0) is 13.2. The Bertz CT molecular complexity index is 239. The number of hydrogen-bond acceptors (Lipinski definition) is 3. The summed E-state index contributed by atoms with van der Waals surface area (Å²) in [6, 6.07) is 0. The molecule has 0 bridgehead atoms. The predicted octanol–water partition coefficient (Wildman–Crippen LogP) is 2.12. The van der Waals surface area contributed by atoms with Gasteiger partial charge in [0.15, 0.2) is 0 Å². The molecule has 1 aliphatic rings. The average Bonchev–Trinajstić information content (AvgIpc) is 2.37. The first kappa shape index (κ1) is 18.7. The Morgan fingerprint density at radius 2 is 1.95 bits per heavy atom. The van der Waals surface area contributed by atoms with Gasteiger partial charge in [-0.05, 0) is 31.7 Å². The molecule has 0 heterocycles. The van der Waals surface area contributed by atoms with Gasteiger partial charge in [-0.3, -0.25) is 4.79 Å². The van der Waals surface area contributed by atoms with Crippen molar-refractivity contribution in [2.45, 2.75) is 52.1 Å². The Morgan fingerprint density at radius 1 is 1.21 bits per heavy atom. The second-order valence-electron chi connectivity index (χ2n) is 5.21. The lowest BCUT2D eigenvalue weighted by Gasteiger charge is -2.28. The number of carbonyl (C=O) groups excluding carboxylic acids is 1.